The zero-order valence-corrected chi connectivity index (χ0v) is 10.8. The fraction of sp³-hybridized carbons (Fsp3) is 0.385. The molecule has 2 rings (SSSR count). The number of hydrogen-bond acceptors (Lipinski definition) is 2. The minimum atomic E-state index is -0.898. The van der Waals surface area contributed by atoms with Gasteiger partial charge in [0.25, 0.3) is 0 Å². The molecule has 0 fully saturated rings. The van der Waals surface area contributed by atoms with Crippen molar-refractivity contribution in [3.63, 3.8) is 0 Å². The van der Waals surface area contributed by atoms with Crippen molar-refractivity contribution in [1.82, 2.24) is 14.5 Å². The number of carboxylic acid groups (broad SMARTS) is 1. The molecule has 0 bridgehead atoms. The summed E-state index contributed by atoms with van der Waals surface area (Å²) in [6, 6.07) is 6.09. The van der Waals surface area contributed by atoms with E-state index in [1.165, 1.54) is 4.90 Å². The number of fused-ring (bicyclic) bond motifs is 1. The van der Waals surface area contributed by atoms with Crippen molar-refractivity contribution < 1.29 is 9.90 Å². The van der Waals surface area contributed by atoms with Gasteiger partial charge in [-0.2, -0.15) is 0 Å². The van der Waals surface area contributed by atoms with E-state index in [1.54, 1.807) is 7.05 Å². The Morgan fingerprint density at radius 3 is 2.89 bits per heavy atom. The fourth-order valence-electron chi connectivity index (χ4n) is 1.91. The van der Waals surface area contributed by atoms with Crippen LogP contribution in [-0.2, 0) is 13.5 Å². The van der Waals surface area contributed by atoms with Gasteiger partial charge in [0.2, 0.25) is 0 Å². The number of nitrogens with zero attached hydrogens (tertiary/aromatic N) is 3. The molecule has 1 aromatic heterocycles. The summed E-state index contributed by atoms with van der Waals surface area (Å²) in [6.07, 6.45) is -0.196. The highest BCUT2D eigenvalue weighted by molar-refractivity contribution is 5.76. The summed E-state index contributed by atoms with van der Waals surface area (Å²) in [4.78, 5) is 16.4. The lowest BCUT2D eigenvalue weighted by Crippen LogP contribution is -2.26. The van der Waals surface area contributed by atoms with Crippen LogP contribution in [0.25, 0.3) is 11.0 Å². The van der Waals surface area contributed by atoms with E-state index in [2.05, 4.69) is 4.98 Å². The van der Waals surface area contributed by atoms with Crippen LogP contribution in [0.5, 0.6) is 0 Å². The Labute approximate surface area is 106 Å². The van der Waals surface area contributed by atoms with Crippen LogP contribution in [0.4, 0.5) is 4.79 Å². The lowest BCUT2D eigenvalue weighted by atomic mass is 10.1. The van der Waals surface area contributed by atoms with Crippen molar-refractivity contribution >= 4 is 17.1 Å². The van der Waals surface area contributed by atoms with Gasteiger partial charge in [-0.15, -0.1) is 0 Å². The standard InChI is InChI=1S/C13H17N3O2/c1-9-14-11-8-10(4-5-12(11)16(9)3)6-7-15(2)13(17)18/h4-5,8H,6-7H2,1-3H3,(H,17,18). The molecule has 0 saturated carbocycles. The number of rotatable bonds is 3. The first-order chi connectivity index (χ1) is 8.49. The van der Waals surface area contributed by atoms with Crippen LogP contribution in [0.1, 0.15) is 11.4 Å². The molecule has 0 atom stereocenters. The molecule has 1 amide bonds. The molecule has 0 unspecified atom stereocenters. The maximum absolute atomic E-state index is 10.7. The summed E-state index contributed by atoms with van der Waals surface area (Å²) in [5.74, 6) is 0.977. The molecule has 1 heterocycles. The summed E-state index contributed by atoms with van der Waals surface area (Å²) >= 11 is 0. The maximum Gasteiger partial charge on any atom is 0.407 e. The fourth-order valence-corrected chi connectivity index (χ4v) is 1.91. The van der Waals surface area contributed by atoms with Crippen molar-refractivity contribution in [2.75, 3.05) is 13.6 Å². The number of imidazole rings is 1. The van der Waals surface area contributed by atoms with Gasteiger partial charge in [-0.1, -0.05) is 6.07 Å². The molecule has 0 spiro atoms. The molecule has 1 N–H and O–H groups in total. The Bertz CT molecular complexity index is 589. The van der Waals surface area contributed by atoms with E-state index in [0.29, 0.717) is 13.0 Å². The van der Waals surface area contributed by atoms with E-state index in [0.717, 1.165) is 22.4 Å². The number of likely N-dealkylation sites (N-methyl/N-ethyl adjacent to an activating group) is 1. The Kier molecular flexibility index (Phi) is 3.23. The van der Waals surface area contributed by atoms with E-state index >= 15 is 0 Å². The zero-order chi connectivity index (χ0) is 13.3. The van der Waals surface area contributed by atoms with Gasteiger partial charge in [0.1, 0.15) is 5.82 Å². The van der Waals surface area contributed by atoms with E-state index < -0.39 is 6.09 Å². The van der Waals surface area contributed by atoms with Crippen molar-refractivity contribution in [2.24, 2.45) is 7.05 Å². The second-order valence-electron chi connectivity index (χ2n) is 4.50. The molecular formula is C13H17N3O2. The van der Waals surface area contributed by atoms with Gasteiger partial charge in [-0.3, -0.25) is 0 Å². The highest BCUT2D eigenvalue weighted by Gasteiger charge is 2.07. The molecule has 1 aromatic carbocycles. The quantitative estimate of drug-likeness (QED) is 0.902. The van der Waals surface area contributed by atoms with Gasteiger partial charge in [0.15, 0.2) is 0 Å². The van der Waals surface area contributed by atoms with Crippen LogP contribution in [-0.4, -0.2) is 39.2 Å². The molecule has 0 saturated heterocycles. The second-order valence-corrected chi connectivity index (χ2v) is 4.50. The number of aryl methyl sites for hydroxylation is 2. The Morgan fingerprint density at radius 2 is 2.22 bits per heavy atom. The summed E-state index contributed by atoms with van der Waals surface area (Å²) < 4.78 is 2.04. The first-order valence-corrected chi connectivity index (χ1v) is 5.85. The topological polar surface area (TPSA) is 58.4 Å². The Morgan fingerprint density at radius 1 is 1.50 bits per heavy atom. The third kappa shape index (κ3) is 2.30. The van der Waals surface area contributed by atoms with Crippen LogP contribution < -0.4 is 0 Å². The molecule has 2 aromatic rings. The van der Waals surface area contributed by atoms with Crippen molar-refractivity contribution in [3.8, 4) is 0 Å². The van der Waals surface area contributed by atoms with E-state index in [-0.39, 0.29) is 0 Å². The van der Waals surface area contributed by atoms with Gasteiger partial charge >= 0.3 is 6.09 Å². The van der Waals surface area contributed by atoms with Crippen molar-refractivity contribution in [1.29, 1.82) is 0 Å². The monoisotopic (exact) mass is 247 g/mol. The van der Waals surface area contributed by atoms with Gasteiger partial charge in [-0.25, -0.2) is 9.78 Å². The maximum atomic E-state index is 10.7. The molecule has 0 radical (unpaired) electrons. The smallest absolute Gasteiger partial charge is 0.407 e. The molecule has 18 heavy (non-hydrogen) atoms. The summed E-state index contributed by atoms with van der Waals surface area (Å²) in [5.41, 5.74) is 3.17. The first-order valence-electron chi connectivity index (χ1n) is 5.85. The van der Waals surface area contributed by atoms with Crippen molar-refractivity contribution in [2.45, 2.75) is 13.3 Å². The molecule has 0 aliphatic rings. The number of benzene rings is 1. The van der Waals surface area contributed by atoms with Crippen LogP contribution in [0.2, 0.25) is 0 Å². The van der Waals surface area contributed by atoms with Crippen molar-refractivity contribution in [3.05, 3.63) is 29.6 Å². The van der Waals surface area contributed by atoms with Crippen LogP contribution >= 0.6 is 0 Å². The zero-order valence-electron chi connectivity index (χ0n) is 10.8. The average molecular weight is 247 g/mol. The van der Waals surface area contributed by atoms with Gasteiger partial charge in [0.05, 0.1) is 11.0 Å². The SMILES string of the molecule is Cc1nc2cc(CCN(C)C(=O)O)ccc2n1C. The Hall–Kier alpha value is -2.04. The summed E-state index contributed by atoms with van der Waals surface area (Å²) in [5, 5.41) is 8.78. The number of amides is 1. The van der Waals surface area contributed by atoms with E-state index in [9.17, 15) is 4.79 Å². The lowest BCUT2D eigenvalue weighted by Gasteiger charge is -2.12. The normalized spacial score (nSPS) is 10.8. The minimum absolute atomic E-state index is 0.493. The third-order valence-electron chi connectivity index (χ3n) is 3.23. The highest BCUT2D eigenvalue weighted by Crippen LogP contribution is 2.16. The molecule has 96 valence electrons. The molecule has 5 nitrogen and oxygen atoms in total. The van der Waals surface area contributed by atoms with Crippen LogP contribution in [0, 0.1) is 6.92 Å². The average Bonchev–Trinajstić information content (AvgIpc) is 2.61. The number of aromatic nitrogens is 2. The molecular weight excluding hydrogens is 230 g/mol. The number of carbonyl (C=O) groups is 1. The predicted octanol–water partition coefficient (Wildman–Crippen LogP) is 2.03. The van der Waals surface area contributed by atoms with E-state index in [4.69, 9.17) is 5.11 Å². The third-order valence-corrected chi connectivity index (χ3v) is 3.23. The minimum Gasteiger partial charge on any atom is -0.465 e. The van der Waals surface area contributed by atoms with E-state index in [1.807, 2.05) is 36.7 Å². The molecule has 0 aliphatic heterocycles. The Balaban J connectivity index is 2.18. The number of hydrogen-bond donors (Lipinski definition) is 1. The second kappa shape index (κ2) is 4.68. The summed E-state index contributed by atoms with van der Waals surface area (Å²) in [7, 11) is 3.56. The van der Waals surface area contributed by atoms with Crippen LogP contribution in [0.15, 0.2) is 18.2 Å². The van der Waals surface area contributed by atoms with Gasteiger partial charge in [0, 0.05) is 20.6 Å². The molecule has 5 heteroatoms. The van der Waals surface area contributed by atoms with Crippen LogP contribution in [0.3, 0.4) is 0 Å². The molecule has 0 aliphatic carbocycles. The largest absolute Gasteiger partial charge is 0.465 e. The van der Waals surface area contributed by atoms with Gasteiger partial charge in [-0.05, 0) is 31.0 Å². The first kappa shape index (κ1) is 12.4. The lowest BCUT2D eigenvalue weighted by molar-refractivity contribution is 0.156. The summed E-state index contributed by atoms with van der Waals surface area (Å²) in [6.45, 7) is 2.46. The predicted molar refractivity (Wildman–Crippen MR) is 69.8 cm³/mol. The van der Waals surface area contributed by atoms with Gasteiger partial charge < -0.3 is 14.6 Å². The highest BCUT2D eigenvalue weighted by atomic mass is 16.4.